The van der Waals surface area contributed by atoms with E-state index in [1.807, 2.05) is 0 Å². The summed E-state index contributed by atoms with van der Waals surface area (Å²) in [5.74, 6) is -2.79. The molecule has 1 aliphatic heterocycles. The Balaban J connectivity index is 2.44. The lowest BCUT2D eigenvalue weighted by Gasteiger charge is -2.45. The second-order valence-electron chi connectivity index (χ2n) is 6.65. The normalized spacial score (nSPS) is 23.2. The molecule has 150 valence electrons. The van der Waals surface area contributed by atoms with Crippen LogP contribution in [0, 0.1) is 5.92 Å². The lowest BCUT2D eigenvalue weighted by atomic mass is 9.84. The van der Waals surface area contributed by atoms with Crippen molar-refractivity contribution in [2.75, 3.05) is 0 Å². The number of rotatable bonds is 6. The molecule has 1 heterocycles. The van der Waals surface area contributed by atoms with Gasteiger partial charge < -0.3 is 15.1 Å². The summed E-state index contributed by atoms with van der Waals surface area (Å²) in [7, 11) is 0. The number of piperidine rings is 1. The molecule has 1 aromatic rings. The highest BCUT2D eigenvalue weighted by Gasteiger charge is 2.50. The second kappa shape index (κ2) is 8.48. The maximum absolute atomic E-state index is 13.2. The van der Waals surface area contributed by atoms with Crippen molar-refractivity contribution in [1.82, 2.24) is 4.90 Å². The molecule has 1 amide bonds. The number of hydrogen-bond donors (Lipinski definition) is 2. The minimum absolute atomic E-state index is 0.129. The molecule has 4 unspecified atom stereocenters. The van der Waals surface area contributed by atoms with E-state index in [9.17, 15) is 27.9 Å². The summed E-state index contributed by atoms with van der Waals surface area (Å²) in [5, 5.41) is 19.3. The fourth-order valence-corrected chi connectivity index (χ4v) is 3.71. The van der Waals surface area contributed by atoms with E-state index < -0.39 is 48.6 Å². The number of benzene rings is 1. The van der Waals surface area contributed by atoms with Crippen LogP contribution < -0.4 is 0 Å². The Kier molecular flexibility index (Phi) is 6.75. The SMILES string of the molecule is CCC(C(O)C(F)(F)F)N1C(=O)C(CC(=O)O)CCC1c1ccc(Cl)cc1. The van der Waals surface area contributed by atoms with Gasteiger partial charge in [-0.1, -0.05) is 30.7 Å². The Labute approximate surface area is 159 Å². The number of carboxylic acid groups (broad SMARTS) is 1. The van der Waals surface area contributed by atoms with E-state index >= 15 is 0 Å². The summed E-state index contributed by atoms with van der Waals surface area (Å²) in [5.41, 5.74) is 0.592. The third-order valence-electron chi connectivity index (χ3n) is 4.88. The van der Waals surface area contributed by atoms with Crippen molar-refractivity contribution in [1.29, 1.82) is 0 Å². The minimum Gasteiger partial charge on any atom is -0.481 e. The van der Waals surface area contributed by atoms with Crippen LogP contribution in [0.1, 0.15) is 44.2 Å². The number of likely N-dealkylation sites (tertiary alicyclic amines) is 1. The van der Waals surface area contributed by atoms with Crippen LogP contribution in [0.15, 0.2) is 24.3 Å². The summed E-state index contributed by atoms with van der Waals surface area (Å²) >= 11 is 5.86. The van der Waals surface area contributed by atoms with Crippen LogP contribution in [0.25, 0.3) is 0 Å². The Hall–Kier alpha value is -1.80. The molecule has 9 heteroatoms. The second-order valence-corrected chi connectivity index (χ2v) is 7.08. The summed E-state index contributed by atoms with van der Waals surface area (Å²) in [6.45, 7) is 1.45. The molecule has 2 N–H and O–H groups in total. The lowest BCUT2D eigenvalue weighted by molar-refractivity contribution is -0.226. The Bertz CT molecular complexity index is 680. The van der Waals surface area contributed by atoms with Gasteiger partial charge in [-0.2, -0.15) is 13.2 Å². The smallest absolute Gasteiger partial charge is 0.416 e. The first-order valence-corrected chi connectivity index (χ1v) is 8.98. The third kappa shape index (κ3) is 4.93. The van der Waals surface area contributed by atoms with Gasteiger partial charge in [0.25, 0.3) is 0 Å². The molecule has 0 bridgehead atoms. The van der Waals surface area contributed by atoms with Gasteiger partial charge in [0.15, 0.2) is 6.10 Å². The summed E-state index contributed by atoms with van der Waals surface area (Å²) in [6.07, 6.45) is -7.66. The van der Waals surface area contributed by atoms with Crippen LogP contribution in [0.2, 0.25) is 5.02 Å². The van der Waals surface area contributed by atoms with Gasteiger partial charge in [0.05, 0.1) is 18.5 Å². The van der Waals surface area contributed by atoms with Crippen molar-refractivity contribution in [3.63, 3.8) is 0 Å². The molecule has 27 heavy (non-hydrogen) atoms. The summed E-state index contributed by atoms with van der Waals surface area (Å²) < 4.78 is 39.5. The maximum atomic E-state index is 13.2. The molecule has 0 spiro atoms. The highest BCUT2D eigenvalue weighted by molar-refractivity contribution is 6.30. The first-order valence-electron chi connectivity index (χ1n) is 8.60. The average molecular weight is 408 g/mol. The van der Waals surface area contributed by atoms with Crippen LogP contribution in [0.4, 0.5) is 13.2 Å². The zero-order valence-corrected chi connectivity index (χ0v) is 15.4. The van der Waals surface area contributed by atoms with Gasteiger partial charge in [-0.05, 0) is 37.0 Å². The van der Waals surface area contributed by atoms with E-state index in [4.69, 9.17) is 16.7 Å². The van der Waals surface area contributed by atoms with Crippen molar-refractivity contribution in [2.24, 2.45) is 5.92 Å². The third-order valence-corrected chi connectivity index (χ3v) is 5.13. The van der Waals surface area contributed by atoms with E-state index in [0.717, 1.165) is 4.90 Å². The van der Waals surface area contributed by atoms with Gasteiger partial charge in [0.2, 0.25) is 5.91 Å². The molecule has 5 nitrogen and oxygen atoms in total. The molecule has 0 saturated carbocycles. The van der Waals surface area contributed by atoms with E-state index in [1.54, 1.807) is 24.3 Å². The predicted molar refractivity (Wildman–Crippen MR) is 92.2 cm³/mol. The average Bonchev–Trinajstić information content (AvgIpc) is 2.58. The van der Waals surface area contributed by atoms with Gasteiger partial charge >= 0.3 is 12.1 Å². The number of aliphatic carboxylic acids is 1. The van der Waals surface area contributed by atoms with Crippen molar-refractivity contribution in [3.05, 3.63) is 34.9 Å². The highest BCUT2D eigenvalue weighted by atomic mass is 35.5. The van der Waals surface area contributed by atoms with Crippen LogP contribution in [0.3, 0.4) is 0 Å². The molecule has 0 aromatic heterocycles. The monoisotopic (exact) mass is 407 g/mol. The predicted octanol–water partition coefficient (Wildman–Crippen LogP) is 3.80. The summed E-state index contributed by atoms with van der Waals surface area (Å²) in [6, 6.07) is 4.19. The van der Waals surface area contributed by atoms with Crippen LogP contribution >= 0.6 is 11.6 Å². The molecule has 0 radical (unpaired) electrons. The molecular formula is C18H21ClF3NO4. The van der Waals surface area contributed by atoms with Crippen molar-refractivity contribution >= 4 is 23.5 Å². The van der Waals surface area contributed by atoms with Crippen LogP contribution in [-0.4, -0.2) is 45.3 Å². The van der Waals surface area contributed by atoms with Crippen molar-refractivity contribution < 1.29 is 33.0 Å². The van der Waals surface area contributed by atoms with Crippen LogP contribution in [-0.2, 0) is 9.59 Å². The largest absolute Gasteiger partial charge is 0.481 e. The van der Waals surface area contributed by atoms with E-state index in [1.165, 1.54) is 6.92 Å². The number of nitrogens with zero attached hydrogens (tertiary/aromatic N) is 1. The van der Waals surface area contributed by atoms with Gasteiger partial charge in [-0.25, -0.2) is 0 Å². The Morgan fingerprint density at radius 3 is 2.37 bits per heavy atom. The first-order chi connectivity index (χ1) is 12.6. The zero-order valence-electron chi connectivity index (χ0n) is 14.6. The quantitative estimate of drug-likeness (QED) is 0.752. The van der Waals surface area contributed by atoms with E-state index in [0.29, 0.717) is 17.0 Å². The topological polar surface area (TPSA) is 77.8 Å². The lowest BCUT2D eigenvalue weighted by Crippen LogP contribution is -2.56. The fourth-order valence-electron chi connectivity index (χ4n) is 3.58. The molecule has 1 fully saturated rings. The number of carboxylic acids is 1. The Morgan fingerprint density at radius 2 is 1.89 bits per heavy atom. The standard InChI is InChI=1S/C18H21ClF3NO4/c1-2-13(16(26)18(20,21)22)23-14(10-3-6-12(19)7-4-10)8-5-11(17(23)27)9-15(24)25/h3-4,6-7,11,13-14,16,26H,2,5,8-9H2,1H3,(H,24,25). The fraction of sp³-hybridized carbons (Fsp3) is 0.556. The number of carbonyl (C=O) groups excluding carboxylic acids is 1. The van der Waals surface area contributed by atoms with Gasteiger partial charge in [0, 0.05) is 10.9 Å². The number of hydrogen-bond acceptors (Lipinski definition) is 3. The number of carbonyl (C=O) groups is 2. The Morgan fingerprint density at radius 1 is 1.30 bits per heavy atom. The number of amides is 1. The molecule has 0 aliphatic carbocycles. The van der Waals surface area contributed by atoms with Crippen molar-refractivity contribution in [3.8, 4) is 0 Å². The number of alkyl halides is 3. The summed E-state index contributed by atoms with van der Waals surface area (Å²) in [4.78, 5) is 25.0. The van der Waals surface area contributed by atoms with E-state index in [2.05, 4.69) is 0 Å². The van der Waals surface area contributed by atoms with Gasteiger partial charge in [0.1, 0.15) is 0 Å². The first kappa shape index (κ1) is 21.5. The van der Waals surface area contributed by atoms with Gasteiger partial charge in [-0.3, -0.25) is 9.59 Å². The number of aliphatic hydroxyl groups excluding tert-OH is 1. The van der Waals surface area contributed by atoms with Crippen LogP contribution in [0.5, 0.6) is 0 Å². The molecule has 1 aliphatic rings. The number of aliphatic hydroxyl groups is 1. The maximum Gasteiger partial charge on any atom is 0.416 e. The molecule has 1 saturated heterocycles. The molecule has 2 rings (SSSR count). The van der Waals surface area contributed by atoms with Crippen molar-refractivity contribution in [2.45, 2.75) is 57.0 Å². The highest BCUT2D eigenvalue weighted by Crippen LogP contribution is 2.40. The minimum atomic E-state index is -4.90. The molecule has 1 aromatic carbocycles. The molecular weight excluding hydrogens is 387 g/mol. The van der Waals surface area contributed by atoms with E-state index in [-0.39, 0.29) is 12.8 Å². The molecule has 4 atom stereocenters. The zero-order chi connectivity index (χ0) is 20.4. The van der Waals surface area contributed by atoms with Gasteiger partial charge in [-0.15, -0.1) is 0 Å². The number of halogens is 4.